The van der Waals surface area contributed by atoms with Crippen molar-refractivity contribution in [2.75, 3.05) is 26.7 Å². The molecule has 0 aromatic rings. The van der Waals surface area contributed by atoms with Crippen molar-refractivity contribution < 1.29 is 10.0 Å². The lowest BCUT2D eigenvalue weighted by molar-refractivity contribution is -0.140. The van der Waals surface area contributed by atoms with Crippen LogP contribution in [0.5, 0.6) is 0 Å². The first kappa shape index (κ1) is 16.8. The second-order valence-electron chi connectivity index (χ2n) is 5.74. The van der Waals surface area contributed by atoms with Crippen molar-refractivity contribution in [3.8, 4) is 0 Å². The number of nitrogens with two attached hydrogens (primary N) is 1. The van der Waals surface area contributed by atoms with Crippen LogP contribution < -0.4 is 5.73 Å². The number of carbonyl (C=O) groups excluding carboxylic acids is 1. The summed E-state index contributed by atoms with van der Waals surface area (Å²) in [5.74, 6) is 0.0119. The Labute approximate surface area is 121 Å². The smallest absolute Gasteiger partial charge is 0.236 e. The summed E-state index contributed by atoms with van der Waals surface area (Å²) in [7, 11) is 2.07. The SMILES string of the molecule is CCC(CC)(C(=O)N1CCCN(C)CC1C)C(N)=NO. The van der Waals surface area contributed by atoms with E-state index in [1.165, 1.54) is 0 Å². The molecule has 0 bridgehead atoms. The summed E-state index contributed by atoms with van der Waals surface area (Å²) in [4.78, 5) is 17.1. The van der Waals surface area contributed by atoms with Crippen LogP contribution in [0, 0.1) is 5.41 Å². The zero-order chi connectivity index (χ0) is 15.3. The minimum atomic E-state index is -0.883. The van der Waals surface area contributed by atoms with E-state index in [9.17, 15) is 4.79 Å². The molecule has 1 fully saturated rings. The molecule has 6 heteroatoms. The number of rotatable bonds is 4. The van der Waals surface area contributed by atoms with Crippen molar-refractivity contribution >= 4 is 11.7 Å². The first-order valence-corrected chi connectivity index (χ1v) is 7.40. The van der Waals surface area contributed by atoms with Crippen LogP contribution in [0.15, 0.2) is 5.16 Å². The maximum Gasteiger partial charge on any atom is 0.236 e. The third kappa shape index (κ3) is 3.06. The van der Waals surface area contributed by atoms with E-state index in [1.54, 1.807) is 0 Å². The standard InChI is InChI=1S/C14H28N4O2/c1-5-14(6-2,12(15)16-20)13(19)18-9-7-8-17(4)10-11(18)3/h11,20H,5-10H2,1-4H3,(H2,15,16). The highest BCUT2D eigenvalue weighted by Crippen LogP contribution is 2.31. The van der Waals surface area contributed by atoms with Gasteiger partial charge in [-0.3, -0.25) is 4.79 Å². The number of hydrogen-bond donors (Lipinski definition) is 2. The molecule has 1 amide bonds. The Morgan fingerprint density at radius 1 is 1.40 bits per heavy atom. The van der Waals surface area contributed by atoms with Crippen molar-refractivity contribution in [3.05, 3.63) is 0 Å². The summed E-state index contributed by atoms with van der Waals surface area (Å²) in [6, 6.07) is 0.138. The Morgan fingerprint density at radius 3 is 2.50 bits per heavy atom. The Morgan fingerprint density at radius 2 is 2.00 bits per heavy atom. The second-order valence-corrected chi connectivity index (χ2v) is 5.74. The van der Waals surface area contributed by atoms with Crippen molar-refractivity contribution in [2.45, 2.75) is 46.1 Å². The average molecular weight is 284 g/mol. The topological polar surface area (TPSA) is 82.2 Å². The Balaban J connectivity index is 3.05. The molecule has 0 saturated carbocycles. The highest BCUT2D eigenvalue weighted by atomic mass is 16.4. The summed E-state index contributed by atoms with van der Waals surface area (Å²) in [6.45, 7) is 8.45. The molecule has 116 valence electrons. The molecule has 3 N–H and O–H groups in total. The van der Waals surface area contributed by atoms with Crippen LogP contribution in [-0.2, 0) is 4.79 Å². The van der Waals surface area contributed by atoms with Gasteiger partial charge >= 0.3 is 0 Å². The van der Waals surface area contributed by atoms with Crippen LogP contribution in [0.1, 0.15) is 40.0 Å². The number of amides is 1. The lowest BCUT2D eigenvalue weighted by Gasteiger charge is -2.37. The highest BCUT2D eigenvalue weighted by molar-refractivity contribution is 6.06. The van der Waals surface area contributed by atoms with Gasteiger partial charge in [0.2, 0.25) is 5.91 Å². The molecule has 1 aliphatic heterocycles. The zero-order valence-corrected chi connectivity index (χ0v) is 13.1. The fourth-order valence-electron chi connectivity index (χ4n) is 3.07. The first-order valence-electron chi connectivity index (χ1n) is 7.40. The molecule has 0 aliphatic carbocycles. The molecule has 0 aromatic heterocycles. The maximum absolute atomic E-state index is 13.0. The van der Waals surface area contributed by atoms with Gasteiger partial charge in [-0.25, -0.2) is 0 Å². The minimum absolute atomic E-state index is 0.0133. The summed E-state index contributed by atoms with van der Waals surface area (Å²) >= 11 is 0. The summed E-state index contributed by atoms with van der Waals surface area (Å²) in [6.07, 6.45) is 2.03. The van der Waals surface area contributed by atoms with Gasteiger partial charge in [0.15, 0.2) is 5.84 Å². The normalized spacial score (nSPS) is 22.7. The summed E-state index contributed by atoms with van der Waals surface area (Å²) in [5.41, 5.74) is 4.95. The molecule has 6 nitrogen and oxygen atoms in total. The molecule has 1 saturated heterocycles. The van der Waals surface area contributed by atoms with Gasteiger partial charge in [-0.05, 0) is 39.8 Å². The van der Waals surface area contributed by atoms with Gasteiger partial charge in [0, 0.05) is 19.1 Å². The largest absolute Gasteiger partial charge is 0.409 e. The fraction of sp³-hybridized carbons (Fsp3) is 0.857. The fourth-order valence-corrected chi connectivity index (χ4v) is 3.07. The van der Waals surface area contributed by atoms with Crippen molar-refractivity contribution in [3.63, 3.8) is 0 Å². The van der Waals surface area contributed by atoms with Crippen LogP contribution in [-0.4, -0.2) is 59.5 Å². The molecular formula is C14H28N4O2. The van der Waals surface area contributed by atoms with Crippen LogP contribution in [0.4, 0.5) is 0 Å². The number of amidine groups is 1. The lowest BCUT2D eigenvalue weighted by atomic mass is 9.79. The van der Waals surface area contributed by atoms with Crippen LogP contribution >= 0.6 is 0 Å². The van der Waals surface area contributed by atoms with Gasteiger partial charge in [0.05, 0.1) is 0 Å². The van der Waals surface area contributed by atoms with E-state index in [2.05, 4.69) is 24.0 Å². The van der Waals surface area contributed by atoms with E-state index in [4.69, 9.17) is 10.9 Å². The molecule has 1 atom stereocenters. The second kappa shape index (κ2) is 6.92. The van der Waals surface area contributed by atoms with E-state index >= 15 is 0 Å². The summed E-state index contributed by atoms with van der Waals surface area (Å²) in [5, 5.41) is 12.1. The Kier molecular flexibility index (Phi) is 5.80. The van der Waals surface area contributed by atoms with Crippen molar-refractivity contribution in [2.24, 2.45) is 16.3 Å². The third-order valence-electron chi connectivity index (χ3n) is 4.52. The third-order valence-corrected chi connectivity index (χ3v) is 4.52. The van der Waals surface area contributed by atoms with E-state index in [-0.39, 0.29) is 17.8 Å². The van der Waals surface area contributed by atoms with Crippen LogP contribution in [0.25, 0.3) is 0 Å². The predicted molar refractivity (Wildman–Crippen MR) is 79.7 cm³/mol. The number of hydrogen-bond acceptors (Lipinski definition) is 4. The van der Waals surface area contributed by atoms with Gasteiger partial charge in [-0.1, -0.05) is 19.0 Å². The molecule has 1 rings (SSSR count). The monoisotopic (exact) mass is 284 g/mol. The quantitative estimate of drug-likeness (QED) is 0.350. The van der Waals surface area contributed by atoms with Gasteiger partial charge < -0.3 is 20.7 Å². The van der Waals surface area contributed by atoms with Gasteiger partial charge in [-0.2, -0.15) is 0 Å². The molecule has 0 spiro atoms. The Hall–Kier alpha value is -1.30. The summed E-state index contributed by atoms with van der Waals surface area (Å²) < 4.78 is 0. The van der Waals surface area contributed by atoms with E-state index in [0.717, 1.165) is 26.1 Å². The van der Waals surface area contributed by atoms with E-state index in [1.807, 2.05) is 18.7 Å². The average Bonchev–Trinajstić information content (AvgIpc) is 2.60. The molecule has 1 unspecified atom stereocenters. The minimum Gasteiger partial charge on any atom is -0.409 e. The highest BCUT2D eigenvalue weighted by Gasteiger charge is 2.43. The molecule has 0 aromatic carbocycles. The van der Waals surface area contributed by atoms with E-state index in [0.29, 0.717) is 12.8 Å². The van der Waals surface area contributed by atoms with Gasteiger partial charge in [-0.15, -0.1) is 0 Å². The predicted octanol–water partition coefficient (Wildman–Crippen LogP) is 1.09. The first-order chi connectivity index (χ1) is 9.42. The Bertz CT molecular complexity index is 366. The lowest BCUT2D eigenvalue weighted by Crippen LogP contribution is -2.54. The molecule has 20 heavy (non-hydrogen) atoms. The molecule has 0 radical (unpaired) electrons. The zero-order valence-electron chi connectivity index (χ0n) is 13.1. The number of likely N-dealkylation sites (N-methyl/N-ethyl adjacent to an activating group) is 1. The van der Waals surface area contributed by atoms with Gasteiger partial charge in [0.25, 0.3) is 0 Å². The van der Waals surface area contributed by atoms with Crippen LogP contribution in [0.3, 0.4) is 0 Å². The van der Waals surface area contributed by atoms with E-state index < -0.39 is 5.41 Å². The maximum atomic E-state index is 13.0. The number of oxime groups is 1. The number of nitrogens with zero attached hydrogens (tertiary/aromatic N) is 3. The van der Waals surface area contributed by atoms with Crippen molar-refractivity contribution in [1.82, 2.24) is 9.80 Å². The molecule has 1 heterocycles. The van der Waals surface area contributed by atoms with Crippen molar-refractivity contribution in [1.29, 1.82) is 0 Å². The van der Waals surface area contributed by atoms with Crippen LogP contribution in [0.2, 0.25) is 0 Å². The molecular weight excluding hydrogens is 256 g/mol. The molecule has 1 aliphatic rings. The van der Waals surface area contributed by atoms with Gasteiger partial charge in [0.1, 0.15) is 5.41 Å². The number of carbonyl (C=O) groups is 1.